The van der Waals surface area contributed by atoms with Gasteiger partial charge in [-0.1, -0.05) is 42.5 Å². The van der Waals surface area contributed by atoms with Crippen LogP contribution in [0.15, 0.2) is 54.6 Å². The number of benzene rings is 2. The van der Waals surface area contributed by atoms with Crippen molar-refractivity contribution in [3.8, 4) is 0 Å². The summed E-state index contributed by atoms with van der Waals surface area (Å²) < 4.78 is 0. The Morgan fingerprint density at radius 2 is 1.75 bits per heavy atom. The summed E-state index contributed by atoms with van der Waals surface area (Å²) in [6.07, 6.45) is 0.656. The predicted molar refractivity (Wildman–Crippen MR) is 96.3 cm³/mol. The molecule has 0 bridgehead atoms. The topological polar surface area (TPSA) is 75.3 Å². The van der Waals surface area contributed by atoms with E-state index in [0.717, 1.165) is 10.9 Å². The minimum atomic E-state index is 0.104. The summed E-state index contributed by atoms with van der Waals surface area (Å²) in [4.78, 5) is 11.2. The zero-order valence-corrected chi connectivity index (χ0v) is 13.8. The van der Waals surface area contributed by atoms with Gasteiger partial charge < -0.3 is 10.8 Å². The van der Waals surface area contributed by atoms with Crippen LogP contribution in [-0.2, 0) is 6.54 Å². The number of rotatable bonds is 6. The predicted octanol–water partition coefficient (Wildman–Crippen LogP) is 2.77. The fraction of sp³-hybridized carbons (Fsp3) is 0.263. The van der Waals surface area contributed by atoms with Gasteiger partial charge in [-0.3, -0.25) is 4.90 Å². The van der Waals surface area contributed by atoms with E-state index in [-0.39, 0.29) is 12.6 Å². The van der Waals surface area contributed by atoms with Crippen molar-refractivity contribution in [2.45, 2.75) is 19.0 Å². The standard InChI is InChI=1S/C19H22N4O/c1-23(17(11-12-24)14-7-3-2-4-8-14)13-18-21-16-10-6-5-9-15(16)19(20)22-18/h2-10,17,24H,11-13H2,1H3,(H2,20,21,22)/t17-/m0/s1. The van der Waals surface area contributed by atoms with Crippen LogP contribution >= 0.6 is 0 Å². The number of para-hydroxylation sites is 1. The molecular weight excluding hydrogens is 300 g/mol. The maximum atomic E-state index is 9.42. The monoisotopic (exact) mass is 322 g/mol. The molecule has 5 nitrogen and oxygen atoms in total. The van der Waals surface area contributed by atoms with E-state index in [0.29, 0.717) is 24.6 Å². The van der Waals surface area contributed by atoms with Gasteiger partial charge in [0.1, 0.15) is 11.6 Å². The van der Waals surface area contributed by atoms with Crippen LogP contribution in [0.4, 0.5) is 5.82 Å². The van der Waals surface area contributed by atoms with Crippen molar-refractivity contribution in [3.05, 3.63) is 66.0 Å². The molecule has 0 unspecified atom stereocenters. The molecule has 124 valence electrons. The lowest BCUT2D eigenvalue weighted by molar-refractivity contribution is 0.177. The molecule has 0 amide bonds. The summed E-state index contributed by atoms with van der Waals surface area (Å²) in [6.45, 7) is 0.694. The van der Waals surface area contributed by atoms with Crippen molar-refractivity contribution in [1.29, 1.82) is 0 Å². The number of fused-ring (bicyclic) bond motifs is 1. The molecule has 0 saturated heterocycles. The van der Waals surface area contributed by atoms with E-state index < -0.39 is 0 Å². The molecule has 3 aromatic rings. The van der Waals surface area contributed by atoms with Crippen LogP contribution in [0, 0.1) is 0 Å². The van der Waals surface area contributed by atoms with E-state index in [1.54, 1.807) is 0 Å². The smallest absolute Gasteiger partial charge is 0.145 e. The van der Waals surface area contributed by atoms with E-state index in [1.807, 2.05) is 49.5 Å². The highest BCUT2D eigenvalue weighted by atomic mass is 16.3. The van der Waals surface area contributed by atoms with Gasteiger partial charge in [-0.25, -0.2) is 9.97 Å². The molecule has 0 aliphatic carbocycles. The molecule has 0 spiro atoms. The Hall–Kier alpha value is -2.50. The highest BCUT2D eigenvalue weighted by Crippen LogP contribution is 2.25. The highest BCUT2D eigenvalue weighted by molar-refractivity contribution is 5.87. The van der Waals surface area contributed by atoms with Crippen molar-refractivity contribution in [2.24, 2.45) is 0 Å². The molecule has 24 heavy (non-hydrogen) atoms. The van der Waals surface area contributed by atoms with Crippen molar-refractivity contribution in [2.75, 3.05) is 19.4 Å². The summed E-state index contributed by atoms with van der Waals surface area (Å²) in [5, 5.41) is 10.3. The van der Waals surface area contributed by atoms with Crippen LogP contribution < -0.4 is 5.73 Å². The lowest BCUT2D eigenvalue weighted by atomic mass is 10.0. The Morgan fingerprint density at radius 1 is 1.04 bits per heavy atom. The third-order valence-corrected chi connectivity index (χ3v) is 4.19. The van der Waals surface area contributed by atoms with E-state index >= 15 is 0 Å². The van der Waals surface area contributed by atoms with Gasteiger partial charge in [0.25, 0.3) is 0 Å². The second kappa shape index (κ2) is 7.38. The molecule has 1 heterocycles. The largest absolute Gasteiger partial charge is 0.396 e. The van der Waals surface area contributed by atoms with Crippen molar-refractivity contribution in [3.63, 3.8) is 0 Å². The lowest BCUT2D eigenvalue weighted by Gasteiger charge is -2.27. The van der Waals surface area contributed by atoms with Gasteiger partial charge in [0.15, 0.2) is 0 Å². The van der Waals surface area contributed by atoms with Crippen LogP contribution in [-0.4, -0.2) is 33.6 Å². The first-order chi connectivity index (χ1) is 11.7. The van der Waals surface area contributed by atoms with Crippen molar-refractivity contribution < 1.29 is 5.11 Å². The molecule has 0 aliphatic rings. The SMILES string of the molecule is CN(Cc1nc(N)c2ccccc2n1)[C@@H](CCO)c1ccccc1. The fourth-order valence-electron chi connectivity index (χ4n) is 2.99. The number of aliphatic hydroxyl groups excluding tert-OH is 1. The van der Waals surface area contributed by atoms with E-state index in [1.165, 1.54) is 5.56 Å². The maximum Gasteiger partial charge on any atom is 0.145 e. The molecule has 0 radical (unpaired) electrons. The number of aromatic nitrogens is 2. The Bertz CT molecular complexity index is 807. The van der Waals surface area contributed by atoms with Crippen LogP contribution in [0.1, 0.15) is 23.9 Å². The number of hydrogen-bond acceptors (Lipinski definition) is 5. The second-order valence-corrected chi connectivity index (χ2v) is 5.90. The summed E-state index contributed by atoms with van der Waals surface area (Å²) in [5.41, 5.74) is 8.09. The summed E-state index contributed by atoms with van der Waals surface area (Å²) in [7, 11) is 2.02. The number of aliphatic hydroxyl groups is 1. The van der Waals surface area contributed by atoms with Crippen LogP contribution in [0.25, 0.3) is 10.9 Å². The average Bonchev–Trinajstić information content (AvgIpc) is 2.60. The zero-order chi connectivity index (χ0) is 16.9. The first-order valence-electron chi connectivity index (χ1n) is 8.06. The Labute approximate surface area is 141 Å². The normalized spacial score (nSPS) is 12.6. The summed E-state index contributed by atoms with van der Waals surface area (Å²) >= 11 is 0. The molecule has 0 fully saturated rings. The zero-order valence-electron chi connectivity index (χ0n) is 13.8. The van der Waals surface area contributed by atoms with Gasteiger partial charge >= 0.3 is 0 Å². The molecule has 1 aromatic heterocycles. The number of hydrogen-bond donors (Lipinski definition) is 2. The molecule has 1 atom stereocenters. The fourth-order valence-corrected chi connectivity index (χ4v) is 2.99. The van der Waals surface area contributed by atoms with Gasteiger partial charge in [0.05, 0.1) is 12.1 Å². The highest BCUT2D eigenvalue weighted by Gasteiger charge is 2.18. The number of nitrogens with two attached hydrogens (primary N) is 1. The summed E-state index contributed by atoms with van der Waals surface area (Å²) in [5.74, 6) is 1.19. The minimum absolute atomic E-state index is 0.104. The van der Waals surface area contributed by atoms with Crippen molar-refractivity contribution >= 4 is 16.7 Å². The third kappa shape index (κ3) is 3.53. The van der Waals surface area contributed by atoms with Crippen molar-refractivity contribution in [1.82, 2.24) is 14.9 Å². The maximum absolute atomic E-state index is 9.42. The number of nitrogens with zero attached hydrogens (tertiary/aromatic N) is 3. The molecule has 2 aromatic carbocycles. The summed E-state index contributed by atoms with van der Waals surface area (Å²) in [6, 6.07) is 18.0. The van der Waals surface area contributed by atoms with Gasteiger partial charge in [0, 0.05) is 18.0 Å². The molecular formula is C19H22N4O. The first kappa shape index (κ1) is 16.4. The van der Waals surface area contributed by atoms with Crippen LogP contribution in [0.3, 0.4) is 0 Å². The van der Waals surface area contributed by atoms with E-state index in [2.05, 4.69) is 27.0 Å². The van der Waals surface area contributed by atoms with E-state index in [4.69, 9.17) is 5.73 Å². The third-order valence-electron chi connectivity index (χ3n) is 4.19. The van der Waals surface area contributed by atoms with Crippen LogP contribution in [0.2, 0.25) is 0 Å². The molecule has 5 heteroatoms. The number of anilines is 1. The minimum Gasteiger partial charge on any atom is -0.396 e. The molecule has 3 rings (SSSR count). The van der Waals surface area contributed by atoms with Gasteiger partial charge in [-0.2, -0.15) is 0 Å². The molecule has 3 N–H and O–H groups in total. The Kier molecular flexibility index (Phi) is 5.03. The average molecular weight is 322 g/mol. The van der Waals surface area contributed by atoms with Gasteiger partial charge in [-0.15, -0.1) is 0 Å². The quantitative estimate of drug-likeness (QED) is 0.730. The van der Waals surface area contributed by atoms with E-state index in [9.17, 15) is 5.11 Å². The molecule has 0 saturated carbocycles. The second-order valence-electron chi connectivity index (χ2n) is 5.90. The first-order valence-corrected chi connectivity index (χ1v) is 8.06. The Balaban J connectivity index is 1.86. The Morgan fingerprint density at radius 3 is 2.50 bits per heavy atom. The van der Waals surface area contributed by atoms with Gasteiger partial charge in [0.2, 0.25) is 0 Å². The van der Waals surface area contributed by atoms with Crippen LogP contribution in [0.5, 0.6) is 0 Å². The molecule has 0 aliphatic heterocycles. The van der Waals surface area contributed by atoms with Gasteiger partial charge in [-0.05, 0) is 31.2 Å². The lowest BCUT2D eigenvalue weighted by Crippen LogP contribution is -2.26. The number of nitrogen functional groups attached to an aromatic ring is 1.